The number of anilines is 1. The number of epoxide rings is 2. The molecule has 2 fully saturated rings. The Kier molecular flexibility index (Phi) is 4.63. The number of hydrogen-bond donors (Lipinski definition) is 0. The van der Waals surface area contributed by atoms with Crippen LogP contribution in [0.3, 0.4) is 0 Å². The van der Waals surface area contributed by atoms with Crippen LogP contribution in [0.25, 0.3) is 0 Å². The van der Waals surface area contributed by atoms with E-state index in [2.05, 4.69) is 24.0 Å². The van der Waals surface area contributed by atoms with Gasteiger partial charge >= 0.3 is 0 Å². The Morgan fingerprint density at radius 1 is 1.19 bits per heavy atom. The van der Waals surface area contributed by atoms with Crippen molar-refractivity contribution in [2.45, 2.75) is 25.2 Å². The molecule has 0 aliphatic carbocycles. The summed E-state index contributed by atoms with van der Waals surface area (Å²) < 4.78 is 21.5. The second-order valence-electron chi connectivity index (χ2n) is 5.67. The maximum Gasteiger partial charge on any atom is 0.119 e. The van der Waals surface area contributed by atoms with E-state index in [1.54, 1.807) is 7.11 Å². The van der Waals surface area contributed by atoms with Crippen LogP contribution in [-0.4, -0.2) is 58.3 Å². The SMILES string of the molecule is COC(C)CN(CC1CO1)c1ccc(OCC2CO2)cc1. The van der Waals surface area contributed by atoms with Crippen LogP contribution in [0.2, 0.25) is 0 Å². The molecule has 0 aromatic heterocycles. The summed E-state index contributed by atoms with van der Waals surface area (Å²) in [5, 5.41) is 0. The van der Waals surface area contributed by atoms with Gasteiger partial charge in [-0.3, -0.25) is 0 Å². The minimum atomic E-state index is 0.187. The molecule has 116 valence electrons. The largest absolute Gasteiger partial charge is 0.491 e. The van der Waals surface area contributed by atoms with Gasteiger partial charge < -0.3 is 23.8 Å². The average Bonchev–Trinajstić information content (AvgIpc) is 3.39. The monoisotopic (exact) mass is 293 g/mol. The first-order chi connectivity index (χ1) is 10.2. The molecular weight excluding hydrogens is 270 g/mol. The smallest absolute Gasteiger partial charge is 0.119 e. The third-order valence-electron chi connectivity index (χ3n) is 3.75. The van der Waals surface area contributed by atoms with Gasteiger partial charge in [-0.05, 0) is 31.2 Å². The van der Waals surface area contributed by atoms with Gasteiger partial charge in [0, 0.05) is 25.9 Å². The average molecular weight is 293 g/mol. The van der Waals surface area contributed by atoms with Gasteiger partial charge in [0.05, 0.1) is 25.4 Å². The number of methoxy groups -OCH3 is 1. The fraction of sp³-hybridized carbons (Fsp3) is 0.625. The molecule has 2 saturated heterocycles. The lowest BCUT2D eigenvalue weighted by atomic mass is 10.2. The lowest BCUT2D eigenvalue weighted by Gasteiger charge is -2.27. The maximum atomic E-state index is 5.67. The molecule has 21 heavy (non-hydrogen) atoms. The highest BCUT2D eigenvalue weighted by molar-refractivity contribution is 5.49. The van der Waals surface area contributed by atoms with E-state index in [0.717, 1.165) is 32.1 Å². The summed E-state index contributed by atoms with van der Waals surface area (Å²) >= 11 is 0. The highest BCUT2D eigenvalue weighted by atomic mass is 16.6. The number of benzene rings is 1. The zero-order valence-electron chi connectivity index (χ0n) is 12.7. The molecule has 5 nitrogen and oxygen atoms in total. The quantitative estimate of drug-likeness (QED) is 0.649. The molecule has 3 unspecified atom stereocenters. The first kappa shape index (κ1) is 14.6. The van der Waals surface area contributed by atoms with Crippen LogP contribution < -0.4 is 9.64 Å². The Labute approximate surface area is 125 Å². The third kappa shape index (κ3) is 4.59. The van der Waals surface area contributed by atoms with Crippen LogP contribution in [0.1, 0.15) is 6.92 Å². The van der Waals surface area contributed by atoms with E-state index in [1.165, 1.54) is 5.69 Å². The van der Waals surface area contributed by atoms with E-state index >= 15 is 0 Å². The van der Waals surface area contributed by atoms with Gasteiger partial charge in [-0.1, -0.05) is 0 Å². The summed E-state index contributed by atoms with van der Waals surface area (Å²) in [7, 11) is 1.74. The van der Waals surface area contributed by atoms with Crippen LogP contribution in [0, 0.1) is 0 Å². The van der Waals surface area contributed by atoms with Gasteiger partial charge in [-0.15, -0.1) is 0 Å². The van der Waals surface area contributed by atoms with Crippen LogP contribution >= 0.6 is 0 Å². The molecule has 0 spiro atoms. The summed E-state index contributed by atoms with van der Waals surface area (Å²) in [5.41, 5.74) is 1.17. The van der Waals surface area contributed by atoms with E-state index in [-0.39, 0.29) is 12.2 Å². The maximum absolute atomic E-state index is 5.67. The summed E-state index contributed by atoms with van der Waals surface area (Å²) in [6.07, 6.45) is 0.833. The Balaban J connectivity index is 1.59. The normalized spacial score (nSPS) is 24.5. The summed E-state index contributed by atoms with van der Waals surface area (Å²) in [6.45, 7) is 6.16. The molecule has 0 amide bonds. The highest BCUT2D eigenvalue weighted by Crippen LogP contribution is 2.23. The van der Waals surface area contributed by atoms with Crippen molar-refractivity contribution in [3.63, 3.8) is 0 Å². The number of nitrogens with zero attached hydrogens (tertiary/aromatic N) is 1. The number of hydrogen-bond acceptors (Lipinski definition) is 5. The van der Waals surface area contributed by atoms with Crippen molar-refractivity contribution in [1.82, 2.24) is 0 Å². The predicted molar refractivity (Wildman–Crippen MR) is 80.1 cm³/mol. The topological polar surface area (TPSA) is 46.8 Å². The highest BCUT2D eigenvalue weighted by Gasteiger charge is 2.26. The van der Waals surface area contributed by atoms with Crippen molar-refractivity contribution < 1.29 is 18.9 Å². The number of rotatable bonds is 9. The Morgan fingerprint density at radius 2 is 1.86 bits per heavy atom. The van der Waals surface area contributed by atoms with Crippen molar-refractivity contribution in [1.29, 1.82) is 0 Å². The second kappa shape index (κ2) is 6.64. The van der Waals surface area contributed by atoms with Crippen LogP contribution in [-0.2, 0) is 14.2 Å². The van der Waals surface area contributed by atoms with Crippen LogP contribution in [0.4, 0.5) is 5.69 Å². The fourth-order valence-electron chi connectivity index (χ4n) is 2.20. The lowest BCUT2D eigenvalue weighted by Crippen LogP contribution is -2.34. The lowest BCUT2D eigenvalue weighted by molar-refractivity contribution is 0.123. The van der Waals surface area contributed by atoms with E-state index in [4.69, 9.17) is 18.9 Å². The van der Waals surface area contributed by atoms with Crippen molar-refractivity contribution in [3.8, 4) is 5.75 Å². The summed E-state index contributed by atoms with van der Waals surface area (Å²) in [4.78, 5) is 2.31. The minimum absolute atomic E-state index is 0.187. The van der Waals surface area contributed by atoms with E-state index in [0.29, 0.717) is 12.7 Å². The molecule has 1 aromatic rings. The van der Waals surface area contributed by atoms with Gasteiger partial charge in [-0.25, -0.2) is 0 Å². The van der Waals surface area contributed by atoms with Gasteiger partial charge in [0.2, 0.25) is 0 Å². The third-order valence-corrected chi connectivity index (χ3v) is 3.75. The molecule has 0 bridgehead atoms. The Morgan fingerprint density at radius 3 is 2.43 bits per heavy atom. The van der Waals surface area contributed by atoms with E-state index in [9.17, 15) is 0 Å². The summed E-state index contributed by atoms with van der Waals surface area (Å²) in [6, 6.07) is 8.20. The van der Waals surface area contributed by atoms with Gasteiger partial charge in [0.1, 0.15) is 18.5 Å². The number of ether oxygens (including phenoxy) is 4. The van der Waals surface area contributed by atoms with Crippen molar-refractivity contribution >= 4 is 5.69 Å². The molecule has 3 rings (SSSR count). The summed E-state index contributed by atoms with van der Waals surface area (Å²) in [5.74, 6) is 0.886. The first-order valence-corrected chi connectivity index (χ1v) is 7.48. The van der Waals surface area contributed by atoms with Gasteiger partial charge in [0.25, 0.3) is 0 Å². The molecule has 3 atom stereocenters. The van der Waals surface area contributed by atoms with E-state index < -0.39 is 0 Å². The van der Waals surface area contributed by atoms with Gasteiger partial charge in [-0.2, -0.15) is 0 Å². The zero-order chi connectivity index (χ0) is 14.7. The van der Waals surface area contributed by atoms with Crippen molar-refractivity contribution in [2.75, 3.05) is 44.9 Å². The molecule has 0 saturated carbocycles. The van der Waals surface area contributed by atoms with Crippen LogP contribution in [0.5, 0.6) is 5.75 Å². The minimum Gasteiger partial charge on any atom is -0.491 e. The molecule has 1 aromatic carbocycles. The Bertz CT molecular complexity index is 442. The molecule has 0 radical (unpaired) electrons. The zero-order valence-corrected chi connectivity index (χ0v) is 12.7. The molecule has 2 aliphatic heterocycles. The molecule has 5 heteroatoms. The molecule has 2 aliphatic rings. The molecule has 2 heterocycles. The van der Waals surface area contributed by atoms with E-state index in [1.807, 2.05) is 12.1 Å². The molecular formula is C16H23NO4. The standard InChI is InChI=1S/C16H23NO4/c1-12(18-2)7-17(8-15-9-20-15)13-3-5-14(6-4-13)19-10-16-11-21-16/h3-6,12,15-16H,7-11H2,1-2H3. The molecule has 0 N–H and O–H groups in total. The van der Waals surface area contributed by atoms with Crippen LogP contribution in [0.15, 0.2) is 24.3 Å². The van der Waals surface area contributed by atoms with Crippen molar-refractivity contribution in [2.24, 2.45) is 0 Å². The van der Waals surface area contributed by atoms with Crippen molar-refractivity contribution in [3.05, 3.63) is 24.3 Å². The van der Waals surface area contributed by atoms with Gasteiger partial charge in [0.15, 0.2) is 0 Å². The predicted octanol–water partition coefficient (Wildman–Crippen LogP) is 1.70. The second-order valence-corrected chi connectivity index (χ2v) is 5.67. The fourth-order valence-corrected chi connectivity index (χ4v) is 2.20. The first-order valence-electron chi connectivity index (χ1n) is 7.48. The Hall–Kier alpha value is -1.30.